The SMILES string of the molecule is CN(C)[PH+](N(C)C)N(C)C. The minimum absolute atomic E-state index is 0.596. The maximum atomic E-state index is 2.27. The van der Waals surface area contributed by atoms with Crippen molar-refractivity contribution in [2.75, 3.05) is 42.3 Å². The Bertz CT molecular complexity index is 74.0. The third kappa shape index (κ3) is 2.93. The smallest absolute Gasteiger partial charge is 0.156 e. The molecule has 0 bridgehead atoms. The van der Waals surface area contributed by atoms with Crippen LogP contribution in [0.5, 0.6) is 0 Å². The summed E-state index contributed by atoms with van der Waals surface area (Å²) >= 11 is 0. The van der Waals surface area contributed by atoms with Crippen LogP contribution in [0.1, 0.15) is 0 Å². The Hall–Kier alpha value is 0.310. The van der Waals surface area contributed by atoms with Crippen LogP contribution >= 0.6 is 8.37 Å². The third-order valence-electron chi connectivity index (χ3n) is 1.20. The Kier molecular flexibility index (Phi) is 4.37. The first-order valence-electron chi connectivity index (χ1n) is 3.35. The molecule has 0 rings (SSSR count). The zero-order valence-electron chi connectivity index (χ0n) is 7.84. The molecule has 0 aliphatic carbocycles. The fraction of sp³-hybridized carbons (Fsp3) is 1.00. The molecule has 3 nitrogen and oxygen atoms in total. The molecule has 62 valence electrons. The highest BCUT2D eigenvalue weighted by atomic mass is 31.2. The summed E-state index contributed by atoms with van der Waals surface area (Å²) in [6.45, 7) is 0. The second kappa shape index (κ2) is 4.24. The average Bonchev–Trinajstić information content (AvgIpc) is 1.59. The molecule has 0 atom stereocenters. The van der Waals surface area contributed by atoms with Gasteiger partial charge in [-0.15, -0.1) is 0 Å². The monoisotopic (exact) mass is 164 g/mol. The Balaban J connectivity index is 3.98. The Morgan fingerprint density at radius 2 is 0.800 bits per heavy atom. The van der Waals surface area contributed by atoms with E-state index in [0.717, 1.165) is 0 Å². The lowest BCUT2D eigenvalue weighted by Gasteiger charge is -2.25. The summed E-state index contributed by atoms with van der Waals surface area (Å²) in [5.74, 6) is 0. The van der Waals surface area contributed by atoms with E-state index in [9.17, 15) is 0 Å². The average molecular weight is 164 g/mol. The van der Waals surface area contributed by atoms with Gasteiger partial charge in [0.2, 0.25) is 8.37 Å². The lowest BCUT2D eigenvalue weighted by atomic mass is 11.2. The van der Waals surface area contributed by atoms with Crippen molar-refractivity contribution in [1.29, 1.82) is 0 Å². The van der Waals surface area contributed by atoms with Gasteiger partial charge in [0.05, 0.1) is 0 Å². The maximum absolute atomic E-state index is 2.27. The van der Waals surface area contributed by atoms with Crippen LogP contribution in [-0.2, 0) is 0 Å². The molecule has 0 saturated heterocycles. The van der Waals surface area contributed by atoms with E-state index in [1.165, 1.54) is 0 Å². The fourth-order valence-corrected chi connectivity index (χ4v) is 3.60. The molecule has 0 saturated carbocycles. The fourth-order valence-electron chi connectivity index (χ4n) is 1.20. The second-order valence-corrected chi connectivity index (χ2v) is 6.27. The minimum atomic E-state index is -0.596. The van der Waals surface area contributed by atoms with E-state index in [1.807, 2.05) is 0 Å². The highest BCUT2D eigenvalue weighted by Crippen LogP contribution is 2.40. The Morgan fingerprint density at radius 1 is 0.600 bits per heavy atom. The van der Waals surface area contributed by atoms with E-state index in [0.29, 0.717) is 0 Å². The summed E-state index contributed by atoms with van der Waals surface area (Å²) in [4.78, 5) is 0. The van der Waals surface area contributed by atoms with Crippen molar-refractivity contribution in [3.8, 4) is 0 Å². The van der Waals surface area contributed by atoms with Crippen LogP contribution in [0.25, 0.3) is 0 Å². The topological polar surface area (TPSA) is 9.72 Å². The molecule has 0 unspecified atom stereocenters. The van der Waals surface area contributed by atoms with Gasteiger partial charge < -0.3 is 0 Å². The number of hydrogen-bond acceptors (Lipinski definition) is 3. The molecular formula is C6H19N3P+. The summed E-state index contributed by atoms with van der Waals surface area (Å²) in [5.41, 5.74) is 0. The molecule has 0 radical (unpaired) electrons. The molecule has 10 heavy (non-hydrogen) atoms. The zero-order valence-corrected chi connectivity index (χ0v) is 8.84. The minimum Gasteiger partial charge on any atom is -0.156 e. The van der Waals surface area contributed by atoms with Gasteiger partial charge >= 0.3 is 0 Å². The van der Waals surface area contributed by atoms with Gasteiger partial charge in [0.15, 0.2) is 0 Å². The summed E-state index contributed by atoms with van der Waals surface area (Å²) in [6.07, 6.45) is 0. The van der Waals surface area contributed by atoms with Crippen LogP contribution in [0.3, 0.4) is 0 Å². The maximum Gasteiger partial charge on any atom is 0.212 e. The van der Waals surface area contributed by atoms with Crippen molar-refractivity contribution in [3.05, 3.63) is 0 Å². The molecule has 0 aromatic heterocycles. The van der Waals surface area contributed by atoms with Crippen molar-refractivity contribution in [3.63, 3.8) is 0 Å². The van der Waals surface area contributed by atoms with Gasteiger partial charge in [0.25, 0.3) is 0 Å². The van der Waals surface area contributed by atoms with Crippen LogP contribution in [0.15, 0.2) is 0 Å². The van der Waals surface area contributed by atoms with E-state index < -0.39 is 8.37 Å². The standard InChI is InChI=1S/C6H18N3P/c1-7(2)10(8(3)4)9(5)6/h1-6H3/p+1. The van der Waals surface area contributed by atoms with Crippen LogP contribution in [0.4, 0.5) is 0 Å². The van der Waals surface area contributed by atoms with Gasteiger partial charge in [0, 0.05) is 42.3 Å². The van der Waals surface area contributed by atoms with Gasteiger partial charge in [-0.1, -0.05) is 0 Å². The predicted octanol–water partition coefficient (Wildman–Crippen LogP) is 0.630. The largest absolute Gasteiger partial charge is 0.212 e. The number of rotatable bonds is 3. The number of nitrogens with zero attached hydrogens (tertiary/aromatic N) is 3. The quantitative estimate of drug-likeness (QED) is 0.566. The molecular weight excluding hydrogens is 145 g/mol. The molecule has 0 fully saturated rings. The van der Waals surface area contributed by atoms with Crippen molar-refractivity contribution in [2.24, 2.45) is 0 Å². The van der Waals surface area contributed by atoms with Crippen molar-refractivity contribution in [2.45, 2.75) is 0 Å². The Morgan fingerprint density at radius 3 is 0.800 bits per heavy atom. The Labute approximate surface area is 65.5 Å². The molecule has 0 aliphatic heterocycles. The van der Waals surface area contributed by atoms with Crippen LogP contribution in [0.2, 0.25) is 0 Å². The van der Waals surface area contributed by atoms with Gasteiger partial charge in [-0.3, -0.25) is 0 Å². The van der Waals surface area contributed by atoms with E-state index in [2.05, 4.69) is 56.3 Å². The van der Waals surface area contributed by atoms with Gasteiger partial charge in [-0.2, -0.15) is 14.0 Å². The highest BCUT2D eigenvalue weighted by molar-refractivity contribution is 7.49. The zero-order chi connectivity index (χ0) is 8.31. The predicted molar refractivity (Wildman–Crippen MR) is 49.4 cm³/mol. The van der Waals surface area contributed by atoms with E-state index >= 15 is 0 Å². The van der Waals surface area contributed by atoms with Crippen molar-refractivity contribution in [1.82, 2.24) is 14.0 Å². The number of hydrogen-bond donors (Lipinski definition) is 0. The molecule has 0 aromatic rings. The summed E-state index contributed by atoms with van der Waals surface area (Å²) < 4.78 is 6.81. The van der Waals surface area contributed by atoms with E-state index in [-0.39, 0.29) is 0 Å². The summed E-state index contributed by atoms with van der Waals surface area (Å²) in [5, 5.41) is 0. The molecule has 0 amide bonds. The lowest BCUT2D eigenvalue weighted by Crippen LogP contribution is -2.25. The van der Waals surface area contributed by atoms with Gasteiger partial charge in [-0.05, 0) is 0 Å². The first kappa shape index (κ1) is 10.3. The first-order valence-corrected chi connectivity index (χ1v) is 4.70. The highest BCUT2D eigenvalue weighted by Gasteiger charge is 2.24. The van der Waals surface area contributed by atoms with Crippen LogP contribution < -0.4 is 0 Å². The first-order chi connectivity index (χ1) is 4.46. The van der Waals surface area contributed by atoms with E-state index in [4.69, 9.17) is 0 Å². The van der Waals surface area contributed by atoms with Crippen molar-refractivity contribution < 1.29 is 0 Å². The second-order valence-electron chi connectivity index (χ2n) is 2.98. The normalized spacial score (nSPS) is 12.6. The summed E-state index contributed by atoms with van der Waals surface area (Å²) in [6, 6.07) is 0. The molecule has 0 heterocycles. The van der Waals surface area contributed by atoms with Gasteiger partial charge in [0.1, 0.15) is 0 Å². The van der Waals surface area contributed by atoms with Crippen LogP contribution in [-0.4, -0.2) is 56.3 Å². The molecule has 0 N–H and O–H groups in total. The van der Waals surface area contributed by atoms with Gasteiger partial charge in [-0.25, -0.2) is 0 Å². The summed E-state index contributed by atoms with van der Waals surface area (Å²) in [7, 11) is 12.1. The lowest BCUT2D eigenvalue weighted by molar-refractivity contribution is 0.490. The van der Waals surface area contributed by atoms with Crippen LogP contribution in [0, 0.1) is 0 Å². The third-order valence-corrected chi connectivity index (χ3v) is 3.60. The molecule has 0 aromatic carbocycles. The molecule has 0 aliphatic rings. The van der Waals surface area contributed by atoms with E-state index in [1.54, 1.807) is 0 Å². The molecule has 4 heteroatoms. The molecule has 0 spiro atoms. The van der Waals surface area contributed by atoms with Crippen molar-refractivity contribution >= 4 is 8.37 Å².